The molecule has 0 aliphatic carbocycles. The SMILES string of the molecule is CC(=O)N1[C@@H](C)CN(C(C)C)C[C@@H]1C. The highest BCUT2D eigenvalue weighted by Crippen LogP contribution is 2.17. The minimum Gasteiger partial charge on any atom is -0.335 e. The molecule has 1 heterocycles. The highest BCUT2D eigenvalue weighted by molar-refractivity contribution is 5.74. The molecule has 1 amide bonds. The van der Waals surface area contributed by atoms with Crippen LogP contribution in [0.3, 0.4) is 0 Å². The summed E-state index contributed by atoms with van der Waals surface area (Å²) >= 11 is 0. The smallest absolute Gasteiger partial charge is 0.220 e. The first-order valence-corrected chi connectivity index (χ1v) is 5.46. The van der Waals surface area contributed by atoms with Gasteiger partial charge in [0.05, 0.1) is 0 Å². The van der Waals surface area contributed by atoms with Gasteiger partial charge in [-0.15, -0.1) is 0 Å². The van der Waals surface area contributed by atoms with Gasteiger partial charge in [0.25, 0.3) is 0 Å². The average Bonchev–Trinajstić information content (AvgIpc) is 2.01. The van der Waals surface area contributed by atoms with E-state index in [-0.39, 0.29) is 5.91 Å². The van der Waals surface area contributed by atoms with Crippen LogP contribution in [0.15, 0.2) is 0 Å². The summed E-state index contributed by atoms with van der Waals surface area (Å²) in [5.74, 6) is 0.202. The van der Waals surface area contributed by atoms with E-state index in [1.165, 1.54) is 0 Å². The van der Waals surface area contributed by atoms with E-state index in [1.54, 1.807) is 6.92 Å². The van der Waals surface area contributed by atoms with Gasteiger partial charge in [-0.25, -0.2) is 0 Å². The summed E-state index contributed by atoms with van der Waals surface area (Å²) < 4.78 is 0. The van der Waals surface area contributed by atoms with Crippen molar-refractivity contribution >= 4 is 5.91 Å². The van der Waals surface area contributed by atoms with Gasteiger partial charge in [0.2, 0.25) is 5.91 Å². The number of carbonyl (C=O) groups is 1. The topological polar surface area (TPSA) is 23.6 Å². The van der Waals surface area contributed by atoms with Gasteiger partial charge in [0.1, 0.15) is 0 Å². The van der Waals surface area contributed by atoms with Crippen molar-refractivity contribution in [3.8, 4) is 0 Å². The monoisotopic (exact) mass is 198 g/mol. The van der Waals surface area contributed by atoms with Crippen molar-refractivity contribution in [2.45, 2.75) is 52.7 Å². The summed E-state index contributed by atoms with van der Waals surface area (Å²) in [5, 5.41) is 0. The van der Waals surface area contributed by atoms with E-state index < -0.39 is 0 Å². The van der Waals surface area contributed by atoms with E-state index in [0.717, 1.165) is 13.1 Å². The Labute approximate surface area is 87.1 Å². The molecular formula is C11H22N2O. The molecule has 1 fully saturated rings. The van der Waals surface area contributed by atoms with Crippen molar-refractivity contribution in [1.82, 2.24) is 9.80 Å². The molecular weight excluding hydrogens is 176 g/mol. The first-order chi connectivity index (χ1) is 6.43. The molecule has 2 atom stereocenters. The molecule has 1 aliphatic heterocycles. The highest BCUT2D eigenvalue weighted by atomic mass is 16.2. The summed E-state index contributed by atoms with van der Waals surface area (Å²) in [6, 6.07) is 1.27. The second-order valence-electron chi connectivity index (χ2n) is 4.67. The third-order valence-corrected chi connectivity index (χ3v) is 3.04. The minimum atomic E-state index is 0.202. The first kappa shape index (κ1) is 11.5. The van der Waals surface area contributed by atoms with E-state index in [2.05, 4.69) is 32.6 Å². The number of hydrogen-bond acceptors (Lipinski definition) is 2. The maximum absolute atomic E-state index is 11.4. The number of nitrogens with zero attached hydrogens (tertiary/aromatic N) is 2. The summed E-state index contributed by atoms with van der Waals surface area (Å²) in [5.41, 5.74) is 0. The molecule has 0 aromatic rings. The molecule has 1 rings (SSSR count). The number of hydrogen-bond donors (Lipinski definition) is 0. The zero-order valence-corrected chi connectivity index (χ0v) is 9.95. The largest absolute Gasteiger partial charge is 0.335 e. The standard InChI is InChI=1S/C11H22N2O/c1-8(2)12-6-9(3)13(11(5)14)10(4)7-12/h8-10H,6-7H2,1-5H3/t9-,10-/m0/s1. The Morgan fingerprint density at radius 1 is 1.21 bits per heavy atom. The van der Waals surface area contributed by atoms with Crippen LogP contribution in [0.1, 0.15) is 34.6 Å². The van der Waals surface area contributed by atoms with Crippen LogP contribution in [0.5, 0.6) is 0 Å². The number of rotatable bonds is 1. The summed E-state index contributed by atoms with van der Waals surface area (Å²) in [6.07, 6.45) is 0. The molecule has 1 aliphatic rings. The summed E-state index contributed by atoms with van der Waals surface area (Å²) in [7, 11) is 0. The maximum Gasteiger partial charge on any atom is 0.220 e. The molecule has 0 aromatic heterocycles. The van der Waals surface area contributed by atoms with E-state index >= 15 is 0 Å². The normalized spacial score (nSPS) is 29.7. The van der Waals surface area contributed by atoms with Crippen LogP contribution in [0.2, 0.25) is 0 Å². The zero-order chi connectivity index (χ0) is 10.9. The molecule has 0 unspecified atom stereocenters. The fourth-order valence-corrected chi connectivity index (χ4v) is 2.41. The van der Waals surface area contributed by atoms with Gasteiger partial charge in [-0.3, -0.25) is 9.69 Å². The predicted molar refractivity (Wildman–Crippen MR) is 58.2 cm³/mol. The second kappa shape index (κ2) is 4.30. The molecule has 0 bridgehead atoms. The van der Waals surface area contributed by atoms with Gasteiger partial charge in [0.15, 0.2) is 0 Å². The highest BCUT2D eigenvalue weighted by Gasteiger charge is 2.31. The van der Waals surface area contributed by atoms with Crippen LogP contribution in [-0.4, -0.2) is 46.9 Å². The Morgan fingerprint density at radius 2 is 1.64 bits per heavy atom. The van der Waals surface area contributed by atoms with Gasteiger partial charge in [-0.05, 0) is 27.7 Å². The van der Waals surface area contributed by atoms with Crippen LogP contribution in [0, 0.1) is 0 Å². The van der Waals surface area contributed by atoms with E-state index in [9.17, 15) is 4.79 Å². The lowest BCUT2D eigenvalue weighted by Gasteiger charge is -2.45. The van der Waals surface area contributed by atoms with E-state index in [4.69, 9.17) is 0 Å². The van der Waals surface area contributed by atoms with Crippen molar-refractivity contribution in [2.24, 2.45) is 0 Å². The van der Waals surface area contributed by atoms with Gasteiger partial charge in [-0.1, -0.05) is 0 Å². The fraction of sp³-hybridized carbons (Fsp3) is 0.909. The van der Waals surface area contributed by atoms with Crippen LogP contribution in [-0.2, 0) is 4.79 Å². The molecule has 0 saturated carbocycles. The second-order valence-corrected chi connectivity index (χ2v) is 4.67. The number of carbonyl (C=O) groups excluding carboxylic acids is 1. The molecule has 0 N–H and O–H groups in total. The molecule has 1 saturated heterocycles. The van der Waals surface area contributed by atoms with E-state index in [1.807, 2.05) is 4.90 Å². The fourth-order valence-electron chi connectivity index (χ4n) is 2.41. The molecule has 0 aromatic carbocycles. The Bertz CT molecular complexity index is 203. The van der Waals surface area contributed by atoms with Crippen LogP contribution < -0.4 is 0 Å². The van der Waals surface area contributed by atoms with Gasteiger partial charge in [0, 0.05) is 38.1 Å². The number of piperazine rings is 1. The molecule has 3 heteroatoms. The van der Waals surface area contributed by atoms with Crippen molar-refractivity contribution in [2.75, 3.05) is 13.1 Å². The zero-order valence-electron chi connectivity index (χ0n) is 9.95. The molecule has 3 nitrogen and oxygen atoms in total. The lowest BCUT2D eigenvalue weighted by Crippen LogP contribution is -2.59. The Morgan fingerprint density at radius 3 is 1.93 bits per heavy atom. The van der Waals surface area contributed by atoms with Crippen LogP contribution in [0.25, 0.3) is 0 Å². The molecule has 82 valence electrons. The van der Waals surface area contributed by atoms with Crippen LogP contribution in [0.4, 0.5) is 0 Å². The quantitative estimate of drug-likeness (QED) is 0.634. The van der Waals surface area contributed by atoms with Crippen molar-refractivity contribution < 1.29 is 4.79 Å². The summed E-state index contributed by atoms with van der Waals surface area (Å²) in [6.45, 7) is 12.4. The average molecular weight is 198 g/mol. The lowest BCUT2D eigenvalue weighted by molar-refractivity contribution is -0.137. The van der Waals surface area contributed by atoms with Crippen molar-refractivity contribution in [3.05, 3.63) is 0 Å². The van der Waals surface area contributed by atoms with Crippen molar-refractivity contribution in [3.63, 3.8) is 0 Å². The maximum atomic E-state index is 11.4. The van der Waals surface area contributed by atoms with Crippen molar-refractivity contribution in [1.29, 1.82) is 0 Å². The van der Waals surface area contributed by atoms with Gasteiger partial charge in [-0.2, -0.15) is 0 Å². The number of amides is 1. The minimum absolute atomic E-state index is 0.202. The molecule has 14 heavy (non-hydrogen) atoms. The third kappa shape index (κ3) is 2.27. The van der Waals surface area contributed by atoms with Crippen LogP contribution >= 0.6 is 0 Å². The Kier molecular flexibility index (Phi) is 3.53. The summed E-state index contributed by atoms with van der Waals surface area (Å²) in [4.78, 5) is 15.8. The third-order valence-electron chi connectivity index (χ3n) is 3.04. The molecule has 0 radical (unpaired) electrons. The molecule has 0 spiro atoms. The Hall–Kier alpha value is -0.570. The van der Waals surface area contributed by atoms with E-state index in [0.29, 0.717) is 18.1 Å². The lowest BCUT2D eigenvalue weighted by atomic mass is 10.1. The van der Waals surface area contributed by atoms with Gasteiger partial charge < -0.3 is 4.90 Å². The Balaban J connectivity index is 2.68. The van der Waals surface area contributed by atoms with Gasteiger partial charge >= 0.3 is 0 Å². The first-order valence-electron chi connectivity index (χ1n) is 5.46. The predicted octanol–water partition coefficient (Wildman–Crippen LogP) is 1.34.